The molecule has 6 heteroatoms. The number of amides is 1. The molecule has 0 spiro atoms. The summed E-state index contributed by atoms with van der Waals surface area (Å²) in [6, 6.07) is 19.8. The Bertz CT molecular complexity index is 1240. The summed E-state index contributed by atoms with van der Waals surface area (Å²) in [6.45, 7) is 0.477. The number of carbonyl (C=O) groups is 2. The van der Waals surface area contributed by atoms with Crippen LogP contribution in [0.2, 0.25) is 5.02 Å². The zero-order valence-electron chi connectivity index (χ0n) is 18.8. The fourth-order valence-electron chi connectivity index (χ4n) is 4.93. The van der Waals surface area contributed by atoms with Crippen LogP contribution in [0.25, 0.3) is 0 Å². The Kier molecular flexibility index (Phi) is 6.15. The monoisotopic (exact) mass is 475 g/mol. The minimum Gasteiger partial charge on any atom is -0.492 e. The van der Waals surface area contributed by atoms with Gasteiger partial charge in [0, 0.05) is 16.1 Å². The molecular formula is C28H26ClNO4. The van der Waals surface area contributed by atoms with Gasteiger partial charge in [-0.15, -0.1) is 0 Å². The van der Waals surface area contributed by atoms with Gasteiger partial charge < -0.3 is 14.7 Å². The highest BCUT2D eigenvalue weighted by molar-refractivity contribution is 6.30. The Morgan fingerprint density at radius 2 is 1.74 bits per heavy atom. The summed E-state index contributed by atoms with van der Waals surface area (Å²) < 4.78 is 5.76. The Labute approximate surface area is 203 Å². The summed E-state index contributed by atoms with van der Waals surface area (Å²) in [5, 5.41) is 12.1. The van der Waals surface area contributed by atoms with Gasteiger partial charge in [-0.2, -0.15) is 0 Å². The van der Waals surface area contributed by atoms with E-state index in [1.165, 1.54) is 22.4 Å². The van der Waals surface area contributed by atoms with Crippen molar-refractivity contribution < 1.29 is 19.4 Å². The summed E-state index contributed by atoms with van der Waals surface area (Å²) in [5.74, 6) is -0.0970. The van der Waals surface area contributed by atoms with Crippen LogP contribution in [0.15, 0.2) is 66.7 Å². The van der Waals surface area contributed by atoms with Crippen LogP contribution in [-0.4, -0.2) is 29.9 Å². The molecule has 5 rings (SSSR count). The van der Waals surface area contributed by atoms with Crippen molar-refractivity contribution >= 4 is 29.0 Å². The van der Waals surface area contributed by atoms with Gasteiger partial charge in [0.1, 0.15) is 12.4 Å². The van der Waals surface area contributed by atoms with Crippen LogP contribution < -0.4 is 9.64 Å². The molecule has 1 atom stereocenters. The highest BCUT2D eigenvalue weighted by Gasteiger charge is 2.50. The van der Waals surface area contributed by atoms with Gasteiger partial charge in [-0.1, -0.05) is 41.9 Å². The van der Waals surface area contributed by atoms with E-state index in [1.54, 1.807) is 42.5 Å². The van der Waals surface area contributed by atoms with Crippen molar-refractivity contribution in [1.82, 2.24) is 0 Å². The van der Waals surface area contributed by atoms with Gasteiger partial charge in [-0.3, -0.25) is 9.59 Å². The van der Waals surface area contributed by atoms with Crippen LogP contribution >= 0.6 is 11.6 Å². The number of benzene rings is 3. The summed E-state index contributed by atoms with van der Waals surface area (Å²) in [6.07, 6.45) is 3.99. The third-order valence-corrected chi connectivity index (χ3v) is 6.98. The van der Waals surface area contributed by atoms with Gasteiger partial charge in [0.2, 0.25) is 0 Å². The van der Waals surface area contributed by atoms with E-state index in [-0.39, 0.29) is 25.4 Å². The number of fused-ring (bicyclic) bond motifs is 2. The maximum absolute atomic E-state index is 13.4. The molecular weight excluding hydrogens is 450 g/mol. The highest BCUT2D eigenvalue weighted by Crippen LogP contribution is 2.42. The number of Topliss-reactive ketones (excluding diaryl/α,β-unsaturated/α-hetero) is 1. The lowest BCUT2D eigenvalue weighted by atomic mass is 9.85. The third kappa shape index (κ3) is 4.22. The molecule has 0 aromatic heterocycles. The number of anilines is 1. The van der Waals surface area contributed by atoms with E-state index in [0.717, 1.165) is 19.3 Å². The SMILES string of the molecule is O=C(CC1(O)C(=O)N(CCOc2ccc(Cl)cc2)c2ccccc21)c1ccc2c(c1)CCCC2. The smallest absolute Gasteiger partial charge is 0.264 e. The maximum atomic E-state index is 13.4. The van der Waals surface area contributed by atoms with Crippen molar-refractivity contribution in [2.45, 2.75) is 37.7 Å². The predicted molar refractivity (Wildman–Crippen MR) is 132 cm³/mol. The highest BCUT2D eigenvalue weighted by atomic mass is 35.5. The van der Waals surface area contributed by atoms with Gasteiger partial charge in [0.25, 0.3) is 5.91 Å². The first kappa shape index (κ1) is 22.6. The fourth-order valence-corrected chi connectivity index (χ4v) is 5.05. The van der Waals surface area contributed by atoms with E-state index >= 15 is 0 Å². The largest absolute Gasteiger partial charge is 0.492 e. The van der Waals surface area contributed by atoms with Crippen LogP contribution in [0.3, 0.4) is 0 Å². The molecule has 1 aliphatic carbocycles. The van der Waals surface area contributed by atoms with E-state index in [1.807, 2.05) is 24.3 Å². The fraction of sp³-hybridized carbons (Fsp3) is 0.286. The standard InChI is InChI=1S/C28H26ClNO4/c29-22-11-13-23(14-12-22)34-16-15-30-25-8-4-3-7-24(25)28(33,27(30)32)18-26(31)21-10-9-19-5-1-2-6-20(19)17-21/h3-4,7-14,17,33H,1-2,5-6,15-16,18H2. The van der Waals surface area contributed by atoms with Crippen LogP contribution in [0.1, 0.15) is 46.3 Å². The second-order valence-corrected chi connectivity index (χ2v) is 9.36. The molecule has 0 fully saturated rings. The van der Waals surface area contributed by atoms with Crippen molar-refractivity contribution in [3.05, 3.63) is 94.0 Å². The van der Waals surface area contributed by atoms with Gasteiger partial charge >= 0.3 is 0 Å². The van der Waals surface area contributed by atoms with Gasteiger partial charge in [-0.05, 0) is 73.2 Å². The van der Waals surface area contributed by atoms with E-state index in [9.17, 15) is 14.7 Å². The molecule has 0 saturated heterocycles. The average Bonchev–Trinajstić information content (AvgIpc) is 3.06. The molecule has 174 valence electrons. The second kappa shape index (κ2) is 9.24. The second-order valence-electron chi connectivity index (χ2n) is 8.93. The van der Waals surface area contributed by atoms with Crippen LogP contribution in [-0.2, 0) is 23.2 Å². The van der Waals surface area contributed by atoms with Crippen molar-refractivity contribution in [3.63, 3.8) is 0 Å². The molecule has 0 radical (unpaired) electrons. The maximum Gasteiger partial charge on any atom is 0.264 e. The van der Waals surface area contributed by atoms with Crippen LogP contribution in [0.4, 0.5) is 5.69 Å². The Morgan fingerprint density at radius 1 is 1.00 bits per heavy atom. The van der Waals surface area contributed by atoms with Crippen LogP contribution in [0.5, 0.6) is 5.75 Å². The molecule has 1 amide bonds. The van der Waals surface area contributed by atoms with E-state index in [2.05, 4.69) is 0 Å². The molecule has 3 aromatic carbocycles. The zero-order valence-corrected chi connectivity index (χ0v) is 19.6. The lowest BCUT2D eigenvalue weighted by Gasteiger charge is -2.23. The number of aliphatic hydroxyl groups is 1. The van der Waals surface area contributed by atoms with Crippen LogP contribution in [0, 0.1) is 0 Å². The summed E-state index contributed by atoms with van der Waals surface area (Å²) in [7, 11) is 0. The lowest BCUT2D eigenvalue weighted by molar-refractivity contribution is -0.135. The Hall–Kier alpha value is -3.15. The minimum absolute atomic E-state index is 0.233. The van der Waals surface area contributed by atoms with Gasteiger partial charge in [-0.25, -0.2) is 0 Å². The molecule has 3 aromatic rings. The Balaban J connectivity index is 1.34. The number of hydrogen-bond acceptors (Lipinski definition) is 4. The molecule has 1 unspecified atom stereocenters. The number of halogens is 1. The number of para-hydroxylation sites is 1. The minimum atomic E-state index is -1.90. The molecule has 1 N–H and O–H groups in total. The molecule has 0 bridgehead atoms. The van der Waals surface area contributed by atoms with Gasteiger partial charge in [0.05, 0.1) is 18.7 Å². The van der Waals surface area contributed by atoms with Crippen molar-refractivity contribution in [2.75, 3.05) is 18.1 Å². The summed E-state index contributed by atoms with van der Waals surface area (Å²) in [5.41, 5.74) is 2.19. The number of ether oxygens (including phenoxy) is 1. The topological polar surface area (TPSA) is 66.8 Å². The third-order valence-electron chi connectivity index (χ3n) is 6.72. The first-order valence-corrected chi connectivity index (χ1v) is 12.0. The Morgan fingerprint density at radius 3 is 2.53 bits per heavy atom. The summed E-state index contributed by atoms with van der Waals surface area (Å²) >= 11 is 5.91. The quantitative estimate of drug-likeness (QED) is 0.482. The number of ketones is 1. The number of nitrogens with zero attached hydrogens (tertiary/aromatic N) is 1. The molecule has 1 heterocycles. The van der Waals surface area contributed by atoms with E-state index < -0.39 is 11.5 Å². The molecule has 2 aliphatic rings. The molecule has 1 aliphatic heterocycles. The van der Waals surface area contributed by atoms with Crippen molar-refractivity contribution in [2.24, 2.45) is 0 Å². The number of hydrogen-bond donors (Lipinski definition) is 1. The van der Waals surface area contributed by atoms with Crippen molar-refractivity contribution in [3.8, 4) is 5.75 Å². The lowest BCUT2D eigenvalue weighted by Crippen LogP contribution is -2.43. The average molecular weight is 476 g/mol. The van der Waals surface area contributed by atoms with E-state index in [0.29, 0.717) is 27.6 Å². The number of aryl methyl sites for hydroxylation is 2. The normalized spacial score (nSPS) is 19.0. The zero-order chi connectivity index (χ0) is 23.7. The molecule has 5 nitrogen and oxygen atoms in total. The van der Waals surface area contributed by atoms with Gasteiger partial charge in [0.15, 0.2) is 11.4 Å². The first-order valence-electron chi connectivity index (χ1n) is 11.6. The number of carbonyl (C=O) groups excluding carboxylic acids is 2. The van der Waals surface area contributed by atoms with Crippen molar-refractivity contribution in [1.29, 1.82) is 0 Å². The first-order chi connectivity index (χ1) is 16.5. The number of rotatable bonds is 7. The van der Waals surface area contributed by atoms with E-state index in [4.69, 9.17) is 16.3 Å². The molecule has 0 saturated carbocycles. The predicted octanol–water partition coefficient (Wildman–Crippen LogP) is 5.11. The molecule has 34 heavy (non-hydrogen) atoms. The summed E-state index contributed by atoms with van der Waals surface area (Å²) in [4.78, 5) is 28.1.